The second-order valence-electron chi connectivity index (χ2n) is 8.83. The predicted molar refractivity (Wildman–Crippen MR) is 102 cm³/mol. The van der Waals surface area contributed by atoms with Gasteiger partial charge in [0.25, 0.3) is 5.88 Å². The van der Waals surface area contributed by atoms with Crippen molar-refractivity contribution in [3.8, 4) is 0 Å². The van der Waals surface area contributed by atoms with E-state index in [9.17, 15) is 4.79 Å². The zero-order valence-corrected chi connectivity index (χ0v) is 17.7. The Morgan fingerprint density at radius 1 is 1.27 bits per heavy atom. The maximum Gasteiger partial charge on any atom is 0.282 e. The maximum absolute atomic E-state index is 13.0. The molecular formula is C20H36N3O3+. The summed E-state index contributed by atoms with van der Waals surface area (Å²) in [5.41, 5.74) is 0.384. The number of anilines is 1. The highest BCUT2D eigenvalue weighted by molar-refractivity contribution is 5.96. The van der Waals surface area contributed by atoms with Crippen molar-refractivity contribution < 1.29 is 18.8 Å². The second kappa shape index (κ2) is 7.69. The fraction of sp³-hybridized carbons (Fsp3) is 0.800. The summed E-state index contributed by atoms with van der Waals surface area (Å²) in [6.07, 6.45) is 1.91. The first-order valence-electron chi connectivity index (χ1n) is 9.61. The van der Waals surface area contributed by atoms with E-state index in [-0.39, 0.29) is 11.3 Å². The first-order valence-corrected chi connectivity index (χ1v) is 9.61. The van der Waals surface area contributed by atoms with Crippen molar-refractivity contribution in [2.75, 3.05) is 25.6 Å². The molecule has 2 rings (SSSR count). The molecule has 1 aliphatic heterocycles. The summed E-state index contributed by atoms with van der Waals surface area (Å²) in [6, 6.07) is 2.30. The summed E-state index contributed by atoms with van der Waals surface area (Å²) in [4.78, 5) is 15.1. The molecule has 1 saturated heterocycles. The minimum absolute atomic E-state index is 0.0460. The van der Waals surface area contributed by atoms with Crippen LogP contribution in [-0.2, 0) is 22.0 Å². The van der Waals surface area contributed by atoms with Gasteiger partial charge in [0.1, 0.15) is 0 Å². The quantitative estimate of drug-likeness (QED) is 0.787. The lowest BCUT2D eigenvalue weighted by atomic mass is 9.78. The van der Waals surface area contributed by atoms with Crippen LogP contribution in [0.5, 0.6) is 0 Å². The first-order chi connectivity index (χ1) is 12.0. The summed E-state index contributed by atoms with van der Waals surface area (Å²) in [5, 5.41) is 2.98. The van der Waals surface area contributed by atoms with Gasteiger partial charge in [-0.1, -0.05) is 13.8 Å². The van der Waals surface area contributed by atoms with Crippen LogP contribution in [0, 0.1) is 5.92 Å². The third kappa shape index (κ3) is 4.12. The smallest absolute Gasteiger partial charge is 0.282 e. The Kier molecular flexibility index (Phi) is 6.18. The molecule has 0 atom stereocenters. The van der Waals surface area contributed by atoms with Gasteiger partial charge >= 0.3 is 0 Å². The van der Waals surface area contributed by atoms with E-state index in [1.807, 2.05) is 34.0 Å². The number of carbonyl (C=O) groups excluding carboxylic acids is 1. The van der Waals surface area contributed by atoms with E-state index in [1.165, 1.54) is 0 Å². The van der Waals surface area contributed by atoms with Crippen molar-refractivity contribution in [3.63, 3.8) is 0 Å². The number of hydrogen-bond donors (Lipinski definition) is 1. The summed E-state index contributed by atoms with van der Waals surface area (Å²) < 4.78 is 13.0. The van der Waals surface area contributed by atoms with Crippen LogP contribution in [0.4, 0.5) is 5.88 Å². The Bertz CT molecular complexity index is 628. The fourth-order valence-electron chi connectivity index (χ4n) is 3.34. The predicted octanol–water partition coefficient (Wildman–Crippen LogP) is 2.87. The molecule has 1 aromatic heterocycles. The molecule has 0 spiro atoms. The van der Waals surface area contributed by atoms with Crippen molar-refractivity contribution in [1.82, 2.24) is 4.90 Å². The minimum atomic E-state index is -0.638. The summed E-state index contributed by atoms with van der Waals surface area (Å²) in [6.45, 7) is 14.2. The highest BCUT2D eigenvalue weighted by Gasteiger charge is 2.39. The largest absolute Gasteiger partial charge is 0.381 e. The molecule has 6 nitrogen and oxygen atoms in total. The Hall–Kier alpha value is -1.40. The molecule has 6 heteroatoms. The average molecular weight is 367 g/mol. The third-order valence-corrected chi connectivity index (χ3v) is 6.36. The van der Waals surface area contributed by atoms with Gasteiger partial charge in [-0.3, -0.25) is 15.0 Å². The molecule has 1 N–H and O–H groups in total. The van der Waals surface area contributed by atoms with E-state index in [0.29, 0.717) is 17.8 Å². The molecule has 0 aromatic carbocycles. The molecule has 0 bridgehead atoms. The van der Waals surface area contributed by atoms with Crippen molar-refractivity contribution in [1.29, 1.82) is 0 Å². The van der Waals surface area contributed by atoms with Gasteiger partial charge in [-0.15, -0.1) is 0 Å². The Morgan fingerprint density at radius 3 is 2.38 bits per heavy atom. The SMILES string of the molecule is CC(C)C(C)(C)c1cc(NC(=O)C(C)(C)N(C)C2CCOCC2)o[n+]1C. The van der Waals surface area contributed by atoms with Crippen LogP contribution in [0.2, 0.25) is 0 Å². The van der Waals surface area contributed by atoms with E-state index in [0.717, 1.165) is 31.7 Å². The number of likely N-dealkylation sites (N-methyl/N-ethyl adjacent to an activating group) is 1. The highest BCUT2D eigenvalue weighted by Crippen LogP contribution is 2.31. The van der Waals surface area contributed by atoms with Crippen LogP contribution in [-0.4, -0.2) is 42.6 Å². The number of nitrogens with one attached hydrogen (secondary N) is 1. The molecule has 0 radical (unpaired) electrons. The van der Waals surface area contributed by atoms with Gasteiger partial charge in [0, 0.05) is 19.3 Å². The van der Waals surface area contributed by atoms with Gasteiger partial charge in [0.05, 0.1) is 17.0 Å². The number of rotatable bonds is 6. The lowest BCUT2D eigenvalue weighted by Crippen LogP contribution is -2.55. The first kappa shape index (κ1) is 20.9. The summed E-state index contributed by atoms with van der Waals surface area (Å²) in [7, 11) is 3.90. The molecule has 1 fully saturated rings. The van der Waals surface area contributed by atoms with Crippen LogP contribution in [0.25, 0.3) is 0 Å². The second-order valence-corrected chi connectivity index (χ2v) is 8.83. The van der Waals surface area contributed by atoms with Gasteiger partial charge < -0.3 is 4.74 Å². The lowest BCUT2D eigenvalue weighted by Gasteiger charge is -2.41. The molecule has 2 heterocycles. The van der Waals surface area contributed by atoms with Crippen molar-refractivity contribution in [2.24, 2.45) is 13.0 Å². The minimum Gasteiger partial charge on any atom is -0.381 e. The van der Waals surface area contributed by atoms with E-state index in [2.05, 4.69) is 37.9 Å². The molecule has 1 amide bonds. The zero-order valence-electron chi connectivity index (χ0n) is 17.7. The monoisotopic (exact) mass is 366 g/mol. The molecule has 0 saturated carbocycles. The van der Waals surface area contributed by atoms with Gasteiger partial charge in [-0.2, -0.15) is 0 Å². The number of hydrogen-bond acceptors (Lipinski definition) is 4. The van der Waals surface area contributed by atoms with Gasteiger partial charge in [-0.25, -0.2) is 4.52 Å². The molecule has 1 aliphatic rings. The van der Waals surface area contributed by atoms with E-state index < -0.39 is 5.54 Å². The van der Waals surface area contributed by atoms with Crippen molar-refractivity contribution in [2.45, 2.75) is 71.4 Å². The van der Waals surface area contributed by atoms with Crippen molar-refractivity contribution >= 4 is 11.8 Å². The molecule has 148 valence electrons. The van der Waals surface area contributed by atoms with Crippen LogP contribution < -0.4 is 10.1 Å². The number of ether oxygens (including phenoxy) is 1. The van der Waals surface area contributed by atoms with E-state index >= 15 is 0 Å². The lowest BCUT2D eigenvalue weighted by molar-refractivity contribution is -0.850. The highest BCUT2D eigenvalue weighted by atomic mass is 16.5. The molecular weight excluding hydrogens is 330 g/mol. The van der Waals surface area contributed by atoms with Gasteiger partial charge in [0.2, 0.25) is 11.6 Å². The fourth-order valence-corrected chi connectivity index (χ4v) is 3.34. The number of aryl methyl sites for hydroxylation is 1. The Labute approximate surface area is 157 Å². The molecule has 0 aliphatic carbocycles. The number of amides is 1. The maximum atomic E-state index is 13.0. The van der Waals surface area contributed by atoms with Crippen LogP contribution in [0.1, 0.15) is 60.1 Å². The summed E-state index contributed by atoms with van der Waals surface area (Å²) in [5.74, 6) is 0.885. The average Bonchev–Trinajstić information content (AvgIpc) is 2.95. The number of nitrogens with zero attached hydrogens (tertiary/aromatic N) is 2. The Morgan fingerprint density at radius 2 is 1.85 bits per heavy atom. The zero-order chi connectivity index (χ0) is 19.7. The van der Waals surface area contributed by atoms with Crippen molar-refractivity contribution in [3.05, 3.63) is 11.8 Å². The standard InChI is InChI=1S/C20H35N3O3/c1-14(2)19(3,4)16-13-17(26-23(16)8)21-18(24)20(5,6)22(7)15-9-11-25-12-10-15/h13-15H,9-12H2,1-8H3/p+1. The van der Waals surface area contributed by atoms with Crippen LogP contribution >= 0.6 is 0 Å². The summed E-state index contributed by atoms with van der Waals surface area (Å²) >= 11 is 0. The van der Waals surface area contributed by atoms with Crippen LogP contribution in [0.3, 0.4) is 0 Å². The van der Waals surface area contributed by atoms with E-state index in [1.54, 1.807) is 4.74 Å². The topological polar surface area (TPSA) is 58.6 Å². The third-order valence-electron chi connectivity index (χ3n) is 6.36. The normalized spacial score (nSPS) is 17.2. The number of carbonyl (C=O) groups is 1. The van der Waals surface area contributed by atoms with E-state index in [4.69, 9.17) is 9.26 Å². The molecule has 1 aromatic rings. The van der Waals surface area contributed by atoms with Crippen LogP contribution in [0.15, 0.2) is 10.6 Å². The Balaban J connectivity index is 2.13. The number of aromatic nitrogens is 1. The van der Waals surface area contributed by atoms with Gasteiger partial charge in [-0.05, 0) is 58.2 Å². The molecule has 26 heavy (non-hydrogen) atoms. The molecule has 0 unspecified atom stereocenters. The van der Waals surface area contributed by atoms with Gasteiger partial charge in [0.15, 0.2) is 7.05 Å².